The van der Waals surface area contributed by atoms with Gasteiger partial charge in [-0.25, -0.2) is 9.07 Å². The fraction of sp³-hybridized carbons (Fsp3) is 0.0417. The van der Waals surface area contributed by atoms with Crippen LogP contribution in [0.3, 0.4) is 0 Å². The Labute approximate surface area is 196 Å². The molecule has 1 amide bonds. The van der Waals surface area contributed by atoms with Gasteiger partial charge in [0, 0.05) is 24.2 Å². The highest BCUT2D eigenvalue weighted by molar-refractivity contribution is 6.05. The molecule has 2 aromatic carbocycles. The highest BCUT2D eigenvalue weighted by Gasteiger charge is 2.40. The summed E-state index contributed by atoms with van der Waals surface area (Å²) in [5, 5.41) is 16.0. The van der Waals surface area contributed by atoms with Gasteiger partial charge >= 0.3 is 6.18 Å². The molecular formula is C24H17F4N5O2. The zero-order chi connectivity index (χ0) is 25.0. The lowest BCUT2D eigenvalue weighted by atomic mass is 10.2. The Balaban J connectivity index is 1.57. The molecule has 0 spiro atoms. The van der Waals surface area contributed by atoms with Crippen LogP contribution in [0.15, 0.2) is 90.6 Å². The fourth-order valence-corrected chi connectivity index (χ4v) is 3.27. The molecule has 0 radical (unpaired) electrons. The van der Waals surface area contributed by atoms with Crippen LogP contribution < -0.4 is 15.4 Å². The monoisotopic (exact) mass is 483 g/mol. The van der Waals surface area contributed by atoms with Crippen LogP contribution in [-0.4, -0.2) is 21.9 Å². The van der Waals surface area contributed by atoms with Crippen LogP contribution in [0.1, 0.15) is 16.1 Å². The summed E-state index contributed by atoms with van der Waals surface area (Å²) in [6, 6.07) is 11.0. The minimum atomic E-state index is -4.88. The van der Waals surface area contributed by atoms with Crippen molar-refractivity contribution in [1.29, 1.82) is 5.41 Å². The van der Waals surface area contributed by atoms with Crippen molar-refractivity contribution in [3.05, 3.63) is 108 Å². The van der Waals surface area contributed by atoms with Crippen LogP contribution in [0.4, 0.5) is 23.2 Å². The summed E-state index contributed by atoms with van der Waals surface area (Å²) >= 11 is 0. The lowest BCUT2D eigenvalue weighted by Gasteiger charge is -2.16. The molecule has 2 heterocycles. The van der Waals surface area contributed by atoms with Gasteiger partial charge in [0.15, 0.2) is 23.0 Å². The molecule has 1 aliphatic rings. The number of carbonyl (C=O) groups is 1. The average Bonchev–Trinajstić information content (AvgIpc) is 3.29. The van der Waals surface area contributed by atoms with E-state index < -0.39 is 29.2 Å². The van der Waals surface area contributed by atoms with Crippen molar-refractivity contribution in [3.8, 4) is 11.4 Å². The Kier molecular flexibility index (Phi) is 6.49. The predicted molar refractivity (Wildman–Crippen MR) is 121 cm³/mol. The molecule has 178 valence electrons. The number of aromatic nitrogens is 2. The second-order valence-corrected chi connectivity index (χ2v) is 7.13. The van der Waals surface area contributed by atoms with Gasteiger partial charge in [-0.15, -0.1) is 0 Å². The number of amides is 1. The number of para-hydroxylation sites is 1. The van der Waals surface area contributed by atoms with E-state index in [1.54, 1.807) is 36.6 Å². The van der Waals surface area contributed by atoms with Crippen LogP contribution in [0.25, 0.3) is 5.69 Å². The van der Waals surface area contributed by atoms with Crippen molar-refractivity contribution in [3.63, 3.8) is 0 Å². The maximum Gasteiger partial charge on any atom is 0.434 e. The topological polar surface area (TPSA) is 92.0 Å². The molecule has 0 atom stereocenters. The number of hydrogen-bond donors (Lipinski definition) is 3. The first-order chi connectivity index (χ1) is 16.8. The molecular weight excluding hydrogens is 466 g/mol. The Morgan fingerprint density at radius 3 is 2.63 bits per heavy atom. The average molecular weight is 483 g/mol. The van der Waals surface area contributed by atoms with Gasteiger partial charge in [0.25, 0.3) is 5.91 Å². The summed E-state index contributed by atoms with van der Waals surface area (Å²) < 4.78 is 62.2. The maximum absolute atomic E-state index is 14.7. The minimum Gasteiger partial charge on any atom is -0.452 e. The van der Waals surface area contributed by atoms with Gasteiger partial charge in [0.1, 0.15) is 0 Å². The van der Waals surface area contributed by atoms with Gasteiger partial charge in [-0.1, -0.05) is 18.2 Å². The first-order valence-corrected chi connectivity index (χ1v) is 10.1. The van der Waals surface area contributed by atoms with Gasteiger partial charge in [0.05, 0.1) is 23.1 Å². The largest absolute Gasteiger partial charge is 0.452 e. The normalized spacial score (nSPS) is 14.3. The number of carbonyl (C=O) groups excluding carboxylic acids is 1. The number of alkyl halides is 3. The molecule has 0 fully saturated rings. The molecule has 0 aliphatic carbocycles. The second-order valence-electron chi connectivity index (χ2n) is 7.13. The van der Waals surface area contributed by atoms with Gasteiger partial charge in [-0.05, 0) is 42.5 Å². The van der Waals surface area contributed by atoms with Crippen molar-refractivity contribution in [2.45, 2.75) is 6.18 Å². The summed E-state index contributed by atoms with van der Waals surface area (Å²) in [5.74, 6) is -1.90. The Bertz CT molecular complexity index is 1360. The molecule has 35 heavy (non-hydrogen) atoms. The number of dihydropyridines is 1. The Morgan fingerprint density at radius 1 is 1.17 bits per heavy atom. The number of hydrogen-bond acceptors (Lipinski definition) is 5. The van der Waals surface area contributed by atoms with Crippen LogP contribution in [-0.2, 0) is 6.18 Å². The zero-order valence-corrected chi connectivity index (χ0v) is 17.8. The highest BCUT2D eigenvalue weighted by Crippen LogP contribution is 2.34. The van der Waals surface area contributed by atoms with Gasteiger partial charge in [0.2, 0.25) is 0 Å². The summed E-state index contributed by atoms with van der Waals surface area (Å²) in [6.07, 6.45) is 3.16. The molecule has 1 aromatic heterocycles. The van der Waals surface area contributed by atoms with E-state index in [4.69, 9.17) is 10.1 Å². The van der Waals surface area contributed by atoms with E-state index in [0.29, 0.717) is 10.4 Å². The number of nitrogens with zero attached hydrogens (tertiary/aromatic N) is 2. The molecule has 0 saturated heterocycles. The molecule has 3 N–H and O–H groups in total. The first-order valence-electron chi connectivity index (χ1n) is 10.1. The number of allylic oxidation sites excluding steroid dienone is 3. The lowest BCUT2D eigenvalue weighted by molar-refractivity contribution is -0.143. The molecule has 1 aliphatic heterocycles. The van der Waals surface area contributed by atoms with E-state index >= 15 is 0 Å². The minimum absolute atomic E-state index is 0.0775. The smallest absolute Gasteiger partial charge is 0.434 e. The SMILES string of the molecule is N=C/C=C1\NC=CC=C1Oc1ccc(NC(=O)c2cnn(-c3ccccc3)c2C(F)(F)F)cc1F. The first kappa shape index (κ1) is 23.5. The van der Waals surface area contributed by atoms with E-state index in [2.05, 4.69) is 15.7 Å². The third-order valence-corrected chi connectivity index (χ3v) is 4.79. The van der Waals surface area contributed by atoms with Crippen LogP contribution in [0.2, 0.25) is 0 Å². The van der Waals surface area contributed by atoms with Crippen molar-refractivity contribution >= 4 is 17.8 Å². The molecule has 0 saturated carbocycles. The van der Waals surface area contributed by atoms with Crippen LogP contribution >= 0.6 is 0 Å². The maximum atomic E-state index is 14.7. The summed E-state index contributed by atoms with van der Waals surface area (Å²) in [5.41, 5.74) is -1.49. The molecule has 4 rings (SSSR count). The molecule has 11 heteroatoms. The van der Waals surface area contributed by atoms with E-state index in [-0.39, 0.29) is 22.9 Å². The Morgan fingerprint density at radius 2 is 1.94 bits per heavy atom. The van der Waals surface area contributed by atoms with Crippen LogP contribution in [0, 0.1) is 11.2 Å². The summed E-state index contributed by atoms with van der Waals surface area (Å²) in [4.78, 5) is 12.7. The van der Waals surface area contributed by atoms with Gasteiger partial charge in [-0.3, -0.25) is 4.79 Å². The van der Waals surface area contributed by atoms with E-state index in [1.807, 2.05) is 0 Å². The second kappa shape index (κ2) is 9.67. The van der Waals surface area contributed by atoms with Crippen LogP contribution in [0.5, 0.6) is 5.75 Å². The zero-order valence-electron chi connectivity index (χ0n) is 17.8. The molecule has 0 bridgehead atoms. The number of rotatable bonds is 6. The van der Waals surface area contributed by atoms with Crippen molar-refractivity contribution < 1.29 is 27.1 Å². The number of halogens is 4. The summed E-state index contributed by atoms with van der Waals surface area (Å²) in [7, 11) is 0. The molecule has 7 nitrogen and oxygen atoms in total. The third kappa shape index (κ3) is 5.13. The molecule has 0 unspecified atom stereocenters. The highest BCUT2D eigenvalue weighted by atomic mass is 19.4. The summed E-state index contributed by atoms with van der Waals surface area (Å²) in [6.45, 7) is 0. The van der Waals surface area contributed by atoms with Gasteiger partial charge in [-0.2, -0.15) is 18.3 Å². The van der Waals surface area contributed by atoms with E-state index in [9.17, 15) is 22.4 Å². The van der Waals surface area contributed by atoms with Crippen molar-refractivity contribution in [1.82, 2.24) is 15.1 Å². The van der Waals surface area contributed by atoms with Crippen molar-refractivity contribution in [2.75, 3.05) is 5.32 Å². The number of anilines is 1. The van der Waals surface area contributed by atoms with E-state index in [0.717, 1.165) is 18.5 Å². The fourth-order valence-electron chi connectivity index (χ4n) is 3.27. The number of nitrogens with one attached hydrogen (secondary N) is 3. The Hall–Kier alpha value is -4.67. The van der Waals surface area contributed by atoms with Gasteiger partial charge < -0.3 is 20.8 Å². The quantitative estimate of drug-likeness (QED) is 0.332. The third-order valence-electron chi connectivity index (χ3n) is 4.79. The van der Waals surface area contributed by atoms with E-state index in [1.165, 1.54) is 30.3 Å². The molecule has 3 aromatic rings. The number of ether oxygens (including phenoxy) is 1. The number of benzene rings is 2. The lowest BCUT2D eigenvalue weighted by Crippen LogP contribution is -2.20. The van der Waals surface area contributed by atoms with Crippen molar-refractivity contribution in [2.24, 2.45) is 0 Å². The standard InChI is InChI=1S/C24H17F4N5O2/c25-18-13-15(8-9-20(18)35-21-7-4-12-30-19(21)10-11-29)32-23(34)17-14-31-33(22(17)24(26,27)28)16-5-2-1-3-6-16/h1-14,29-30H,(H,32,34)/b19-10-,29-11?. The predicted octanol–water partition coefficient (Wildman–Crippen LogP) is 5.20.